The van der Waals surface area contributed by atoms with Crippen molar-refractivity contribution < 1.29 is 4.79 Å². The highest BCUT2D eigenvalue weighted by Crippen LogP contribution is 2.27. The third kappa shape index (κ3) is 1.91. The topological polar surface area (TPSA) is 86.9 Å². The minimum absolute atomic E-state index is 0.144. The molecule has 0 radical (unpaired) electrons. The molecule has 0 fully saturated rings. The molecular formula is C11H11BrN4O. The van der Waals surface area contributed by atoms with E-state index in [9.17, 15) is 4.79 Å². The molecule has 88 valence electrons. The number of carbonyl (C=O) groups is 1. The molecule has 6 heteroatoms. The SMILES string of the molecule is CC(=O)c1c(N)nn(-c2ccccc2Br)c1N. The maximum absolute atomic E-state index is 11.4. The minimum atomic E-state index is -0.196. The van der Waals surface area contributed by atoms with E-state index < -0.39 is 0 Å². The molecule has 1 aromatic heterocycles. The standard InChI is InChI=1S/C11H11BrN4O/c1-6(17)9-10(13)15-16(11(9)14)8-5-3-2-4-7(8)12/h2-5H,14H2,1H3,(H2,13,15). The van der Waals surface area contributed by atoms with E-state index in [1.807, 2.05) is 24.3 Å². The van der Waals surface area contributed by atoms with Gasteiger partial charge in [-0.05, 0) is 35.0 Å². The maximum atomic E-state index is 11.4. The Balaban J connectivity index is 2.66. The number of aromatic nitrogens is 2. The van der Waals surface area contributed by atoms with Crippen molar-refractivity contribution in [1.82, 2.24) is 9.78 Å². The van der Waals surface area contributed by atoms with Crippen LogP contribution in [0.4, 0.5) is 11.6 Å². The molecule has 17 heavy (non-hydrogen) atoms. The van der Waals surface area contributed by atoms with E-state index in [0.717, 1.165) is 10.2 Å². The summed E-state index contributed by atoms with van der Waals surface area (Å²) in [6, 6.07) is 7.42. The van der Waals surface area contributed by atoms with Crippen LogP contribution in [0.1, 0.15) is 17.3 Å². The molecule has 0 spiro atoms. The van der Waals surface area contributed by atoms with Gasteiger partial charge in [-0.2, -0.15) is 0 Å². The first kappa shape index (κ1) is 11.7. The summed E-state index contributed by atoms with van der Waals surface area (Å²) in [5.74, 6) is 0.200. The summed E-state index contributed by atoms with van der Waals surface area (Å²) >= 11 is 3.40. The van der Waals surface area contributed by atoms with Gasteiger partial charge in [-0.3, -0.25) is 4.79 Å². The van der Waals surface area contributed by atoms with Gasteiger partial charge in [-0.1, -0.05) is 12.1 Å². The van der Waals surface area contributed by atoms with Gasteiger partial charge in [0.2, 0.25) is 0 Å². The number of nitrogen functional groups attached to an aromatic ring is 2. The van der Waals surface area contributed by atoms with E-state index in [1.54, 1.807) is 0 Å². The summed E-state index contributed by atoms with van der Waals surface area (Å²) in [6.07, 6.45) is 0. The van der Waals surface area contributed by atoms with Crippen molar-refractivity contribution in [3.63, 3.8) is 0 Å². The number of rotatable bonds is 2. The largest absolute Gasteiger partial charge is 0.383 e. The molecule has 0 aliphatic carbocycles. The first-order chi connectivity index (χ1) is 8.02. The fourth-order valence-electron chi connectivity index (χ4n) is 1.62. The minimum Gasteiger partial charge on any atom is -0.383 e. The number of carbonyl (C=O) groups excluding carboxylic acids is 1. The van der Waals surface area contributed by atoms with Crippen LogP contribution in [0.3, 0.4) is 0 Å². The second kappa shape index (κ2) is 4.21. The van der Waals surface area contributed by atoms with Crippen LogP contribution in [0.15, 0.2) is 28.7 Å². The van der Waals surface area contributed by atoms with Gasteiger partial charge >= 0.3 is 0 Å². The van der Waals surface area contributed by atoms with Gasteiger partial charge in [0.25, 0.3) is 0 Å². The zero-order valence-electron chi connectivity index (χ0n) is 9.14. The highest BCUT2D eigenvalue weighted by Gasteiger charge is 2.18. The molecule has 2 aromatic rings. The first-order valence-electron chi connectivity index (χ1n) is 4.92. The van der Waals surface area contributed by atoms with Crippen molar-refractivity contribution in [3.05, 3.63) is 34.3 Å². The quantitative estimate of drug-likeness (QED) is 0.830. The van der Waals surface area contributed by atoms with Crippen LogP contribution < -0.4 is 11.5 Å². The molecule has 0 atom stereocenters. The van der Waals surface area contributed by atoms with Crippen LogP contribution in [-0.4, -0.2) is 15.6 Å². The monoisotopic (exact) mass is 294 g/mol. The van der Waals surface area contributed by atoms with Crippen molar-refractivity contribution in [2.75, 3.05) is 11.5 Å². The lowest BCUT2D eigenvalue weighted by atomic mass is 10.2. The Hall–Kier alpha value is -1.82. The Kier molecular flexibility index (Phi) is 2.89. The van der Waals surface area contributed by atoms with Crippen molar-refractivity contribution in [2.45, 2.75) is 6.92 Å². The normalized spacial score (nSPS) is 10.5. The third-order valence-electron chi connectivity index (χ3n) is 2.38. The summed E-state index contributed by atoms with van der Waals surface area (Å²) in [5.41, 5.74) is 12.6. The maximum Gasteiger partial charge on any atom is 0.167 e. The van der Waals surface area contributed by atoms with Crippen molar-refractivity contribution in [2.24, 2.45) is 0 Å². The molecule has 5 nitrogen and oxygen atoms in total. The summed E-state index contributed by atoms with van der Waals surface area (Å²) in [7, 11) is 0. The number of para-hydroxylation sites is 1. The molecule has 0 bridgehead atoms. The van der Waals surface area contributed by atoms with Crippen LogP contribution in [0, 0.1) is 0 Å². The van der Waals surface area contributed by atoms with Crippen LogP contribution in [0.2, 0.25) is 0 Å². The summed E-state index contributed by atoms with van der Waals surface area (Å²) < 4.78 is 2.28. The molecule has 1 heterocycles. The fraction of sp³-hybridized carbons (Fsp3) is 0.0909. The Morgan fingerprint density at radius 3 is 2.53 bits per heavy atom. The predicted molar refractivity (Wildman–Crippen MR) is 70.1 cm³/mol. The van der Waals surface area contributed by atoms with Gasteiger partial charge in [0.05, 0.1) is 5.69 Å². The summed E-state index contributed by atoms with van der Waals surface area (Å²) in [6.45, 7) is 1.41. The molecule has 0 unspecified atom stereocenters. The zero-order valence-corrected chi connectivity index (χ0v) is 10.7. The van der Waals surface area contributed by atoms with Gasteiger partial charge in [0.15, 0.2) is 11.6 Å². The second-order valence-corrected chi connectivity index (χ2v) is 4.42. The molecular weight excluding hydrogens is 284 g/mol. The average molecular weight is 295 g/mol. The van der Waals surface area contributed by atoms with Crippen molar-refractivity contribution in [3.8, 4) is 5.69 Å². The molecule has 0 saturated carbocycles. The molecule has 0 aliphatic heterocycles. The molecule has 0 amide bonds. The molecule has 1 aromatic carbocycles. The number of ketones is 1. The van der Waals surface area contributed by atoms with Crippen LogP contribution >= 0.6 is 15.9 Å². The van der Waals surface area contributed by atoms with Crippen molar-refractivity contribution in [1.29, 1.82) is 0 Å². The highest BCUT2D eigenvalue weighted by molar-refractivity contribution is 9.10. The number of benzene rings is 1. The Bertz CT molecular complexity index is 591. The van der Waals surface area contributed by atoms with Gasteiger partial charge in [-0.15, -0.1) is 5.10 Å². The summed E-state index contributed by atoms with van der Waals surface area (Å²) in [4.78, 5) is 11.4. The van der Waals surface area contributed by atoms with Gasteiger partial charge < -0.3 is 11.5 Å². The number of nitrogens with zero attached hydrogens (tertiary/aromatic N) is 2. The summed E-state index contributed by atoms with van der Waals surface area (Å²) in [5, 5.41) is 4.08. The number of hydrogen-bond donors (Lipinski definition) is 2. The van der Waals surface area contributed by atoms with Gasteiger partial charge in [-0.25, -0.2) is 4.68 Å². The lowest BCUT2D eigenvalue weighted by Gasteiger charge is -2.06. The zero-order chi connectivity index (χ0) is 12.6. The van der Waals surface area contributed by atoms with E-state index in [2.05, 4.69) is 21.0 Å². The molecule has 0 saturated heterocycles. The van der Waals surface area contributed by atoms with Gasteiger partial charge in [0, 0.05) is 4.47 Å². The first-order valence-corrected chi connectivity index (χ1v) is 5.71. The van der Waals surface area contributed by atoms with Crippen LogP contribution in [0.25, 0.3) is 5.69 Å². The molecule has 4 N–H and O–H groups in total. The third-order valence-corrected chi connectivity index (χ3v) is 3.05. The number of nitrogens with two attached hydrogens (primary N) is 2. The number of hydrogen-bond acceptors (Lipinski definition) is 4. The molecule has 2 rings (SSSR count). The van der Waals surface area contributed by atoms with Crippen molar-refractivity contribution >= 4 is 33.3 Å². The second-order valence-electron chi connectivity index (χ2n) is 3.56. The van der Waals surface area contributed by atoms with E-state index in [-0.39, 0.29) is 23.0 Å². The van der Waals surface area contributed by atoms with Crippen LogP contribution in [-0.2, 0) is 0 Å². The van der Waals surface area contributed by atoms with E-state index in [0.29, 0.717) is 0 Å². The fourth-order valence-corrected chi connectivity index (χ4v) is 2.07. The number of anilines is 2. The number of Topliss-reactive ketones (excluding diaryl/α,β-unsaturated/α-hetero) is 1. The van der Waals surface area contributed by atoms with E-state index in [1.165, 1.54) is 11.6 Å². The highest BCUT2D eigenvalue weighted by atomic mass is 79.9. The van der Waals surface area contributed by atoms with E-state index in [4.69, 9.17) is 11.5 Å². The van der Waals surface area contributed by atoms with E-state index >= 15 is 0 Å². The lowest BCUT2D eigenvalue weighted by molar-refractivity contribution is 0.101. The predicted octanol–water partition coefficient (Wildman–Crippen LogP) is 2.00. The van der Waals surface area contributed by atoms with Crippen LogP contribution in [0.5, 0.6) is 0 Å². The molecule has 0 aliphatic rings. The Morgan fingerprint density at radius 2 is 2.00 bits per heavy atom. The lowest BCUT2D eigenvalue weighted by Crippen LogP contribution is -2.05. The van der Waals surface area contributed by atoms with Gasteiger partial charge in [0.1, 0.15) is 11.4 Å². The smallest absolute Gasteiger partial charge is 0.167 e. The Labute approximate surface area is 107 Å². The average Bonchev–Trinajstić information content (AvgIpc) is 2.55. The Morgan fingerprint density at radius 1 is 1.35 bits per heavy atom. The number of halogens is 1.